The Morgan fingerprint density at radius 2 is 1.44 bits per heavy atom. The van der Waals surface area contributed by atoms with Crippen LogP contribution < -0.4 is 0 Å². The van der Waals surface area contributed by atoms with Crippen LogP contribution in [-0.2, 0) is 0 Å². The Bertz CT molecular complexity index is 46.3. The number of hydrogen-bond donors (Lipinski definition) is 1. The van der Waals surface area contributed by atoms with Crippen LogP contribution in [0.5, 0.6) is 0 Å². The van der Waals surface area contributed by atoms with Crippen molar-refractivity contribution in [2.45, 2.75) is 6.92 Å². The Kier molecular flexibility index (Phi) is 252. The second kappa shape index (κ2) is 98.6. The zero-order valence-electron chi connectivity index (χ0n) is 5.36. The lowest BCUT2D eigenvalue weighted by molar-refractivity contribution is 0.399. The van der Waals surface area contributed by atoms with Gasteiger partial charge in [-0.1, -0.05) is 0 Å². The second-order valence-corrected chi connectivity index (χ2v) is 1.13. The average Bonchev–Trinajstić information content (AvgIpc) is 1.75. The predicted molar refractivity (Wildman–Crippen MR) is 39.6 cm³/mol. The van der Waals surface area contributed by atoms with Gasteiger partial charge in [0.2, 0.25) is 0 Å². The summed E-state index contributed by atoms with van der Waals surface area (Å²) >= 11 is 9.53. The number of aliphatic hydroxyl groups excluding tert-OH is 1. The Labute approximate surface area is 65.1 Å². The van der Waals surface area contributed by atoms with Crippen molar-refractivity contribution < 1.29 is 10.6 Å². The van der Waals surface area contributed by atoms with Gasteiger partial charge in [0.1, 0.15) is 0 Å². The van der Waals surface area contributed by atoms with Crippen molar-refractivity contribution in [1.29, 1.82) is 5.26 Å². The van der Waals surface area contributed by atoms with Gasteiger partial charge in [-0.05, 0) is 0 Å². The van der Waals surface area contributed by atoms with Crippen LogP contribution in [0.1, 0.15) is 6.92 Å². The smallest absolute Gasteiger partial charge is 0.0967 e. The van der Waals surface area contributed by atoms with Gasteiger partial charge in [-0.15, -0.1) is 23.2 Å². The maximum Gasteiger partial charge on any atom is 0.0967 e. The molecular weight excluding hydrogens is 165 g/mol. The zero-order valence-corrected chi connectivity index (χ0v) is 6.87. The molecule has 0 aliphatic rings. The largest absolute Gasteiger partial charge is 0.412 e. The first-order chi connectivity index (χ1) is 3.83. The third-order valence-corrected chi connectivity index (χ3v) is 0. The summed E-state index contributed by atoms with van der Waals surface area (Å²) in [6, 6.07) is 1.75. The van der Waals surface area contributed by atoms with Crippen LogP contribution in [-0.4, -0.2) is 23.0 Å². The van der Waals surface area contributed by atoms with Crippen molar-refractivity contribution >= 4 is 23.2 Å². The molecular formula is C4H11Cl2NO2. The SMILES string of the molecule is CC#N.CO.ClCCl.O. The highest BCUT2D eigenvalue weighted by molar-refractivity contribution is 6.40. The normalized spacial score (nSPS) is 3.56. The summed E-state index contributed by atoms with van der Waals surface area (Å²) in [5.41, 5.74) is 0. The van der Waals surface area contributed by atoms with E-state index in [-0.39, 0.29) is 10.8 Å². The minimum absolute atomic E-state index is 0. The highest BCUT2D eigenvalue weighted by Crippen LogP contribution is 1.73. The first kappa shape index (κ1) is 23.0. The maximum absolute atomic E-state index is 7.32. The Hall–Kier alpha value is -0.0100. The van der Waals surface area contributed by atoms with Gasteiger partial charge >= 0.3 is 0 Å². The lowest BCUT2D eigenvalue weighted by atomic mass is 11.0. The molecule has 0 aromatic rings. The highest BCUT2D eigenvalue weighted by atomic mass is 35.5. The summed E-state index contributed by atoms with van der Waals surface area (Å²) in [5, 5.41) is 14.5. The van der Waals surface area contributed by atoms with Crippen LogP contribution in [0.15, 0.2) is 0 Å². The van der Waals surface area contributed by atoms with Crippen LogP contribution in [0, 0.1) is 11.3 Å². The number of nitriles is 1. The van der Waals surface area contributed by atoms with Gasteiger partial charge in [0.15, 0.2) is 0 Å². The van der Waals surface area contributed by atoms with Crippen molar-refractivity contribution in [3.63, 3.8) is 0 Å². The van der Waals surface area contributed by atoms with E-state index in [9.17, 15) is 0 Å². The standard InChI is InChI=1S/C2H3N.CH2Cl2.CH4O.H2O/c1-2-3;2-1-3;1-2;/h1H3;1H2;2H,1H3;1H2. The molecule has 3 nitrogen and oxygen atoms in total. The van der Waals surface area contributed by atoms with Gasteiger partial charge in [-0.2, -0.15) is 5.26 Å². The fourth-order valence-corrected chi connectivity index (χ4v) is 0. The Balaban J connectivity index is -0.0000000202. The second-order valence-electron chi connectivity index (χ2n) is 0.325. The molecule has 0 rings (SSSR count). The molecule has 0 saturated carbocycles. The molecule has 0 aromatic heterocycles. The third kappa shape index (κ3) is 2870000. The van der Waals surface area contributed by atoms with Gasteiger partial charge in [0.05, 0.1) is 11.4 Å². The Morgan fingerprint density at radius 1 is 1.44 bits per heavy atom. The van der Waals surface area contributed by atoms with Crippen molar-refractivity contribution in [2.24, 2.45) is 0 Å². The lowest BCUT2D eigenvalue weighted by Gasteiger charge is -1.42. The molecule has 0 bridgehead atoms. The molecule has 5 heteroatoms. The summed E-state index contributed by atoms with van der Waals surface area (Å²) in [6.07, 6.45) is 0. The van der Waals surface area contributed by atoms with E-state index in [1.165, 1.54) is 6.92 Å². The molecule has 0 aliphatic heterocycles. The van der Waals surface area contributed by atoms with Crippen molar-refractivity contribution in [1.82, 2.24) is 0 Å². The number of rotatable bonds is 0. The number of alkyl halides is 2. The van der Waals surface area contributed by atoms with E-state index < -0.39 is 0 Å². The van der Waals surface area contributed by atoms with Gasteiger partial charge in [-0.25, -0.2) is 0 Å². The monoisotopic (exact) mass is 175 g/mol. The fourth-order valence-electron chi connectivity index (χ4n) is 0. The van der Waals surface area contributed by atoms with Crippen LogP contribution in [0.25, 0.3) is 0 Å². The van der Waals surface area contributed by atoms with E-state index >= 15 is 0 Å². The molecule has 0 aromatic carbocycles. The van der Waals surface area contributed by atoms with E-state index in [2.05, 4.69) is 0 Å². The molecule has 0 atom stereocenters. The predicted octanol–water partition coefficient (Wildman–Crippen LogP) is 0.735. The molecule has 3 N–H and O–H groups in total. The molecule has 0 unspecified atom stereocenters. The third-order valence-electron chi connectivity index (χ3n) is 0. The number of halogens is 2. The van der Waals surface area contributed by atoms with E-state index in [0.29, 0.717) is 0 Å². The highest BCUT2D eigenvalue weighted by Gasteiger charge is 1.41. The zero-order chi connectivity index (χ0) is 7.41. The molecule has 0 saturated heterocycles. The summed E-state index contributed by atoms with van der Waals surface area (Å²) in [4.78, 5) is 0. The van der Waals surface area contributed by atoms with Crippen molar-refractivity contribution in [3.05, 3.63) is 0 Å². The summed E-state index contributed by atoms with van der Waals surface area (Å²) in [5.74, 6) is 0. The molecule has 0 aliphatic carbocycles. The van der Waals surface area contributed by atoms with E-state index in [4.69, 9.17) is 33.6 Å². The van der Waals surface area contributed by atoms with E-state index in [0.717, 1.165) is 7.11 Å². The van der Waals surface area contributed by atoms with E-state index in [1.54, 1.807) is 6.07 Å². The first-order valence-corrected chi connectivity index (χ1v) is 2.77. The molecule has 0 fully saturated rings. The fraction of sp³-hybridized carbons (Fsp3) is 0.750. The van der Waals surface area contributed by atoms with Crippen molar-refractivity contribution in [2.75, 3.05) is 12.4 Å². The summed E-state index contributed by atoms with van der Waals surface area (Å²) in [7, 11) is 1.00. The van der Waals surface area contributed by atoms with Crippen molar-refractivity contribution in [3.8, 4) is 6.07 Å². The molecule has 0 amide bonds. The average molecular weight is 176 g/mol. The van der Waals surface area contributed by atoms with Crippen LogP contribution in [0.2, 0.25) is 0 Å². The molecule has 0 heterocycles. The van der Waals surface area contributed by atoms with Gasteiger partial charge in [0.25, 0.3) is 0 Å². The summed E-state index contributed by atoms with van der Waals surface area (Å²) < 4.78 is 0. The first-order valence-electron chi connectivity index (χ1n) is 1.71. The molecule has 0 radical (unpaired) electrons. The quantitative estimate of drug-likeness (QED) is 0.552. The van der Waals surface area contributed by atoms with Gasteiger partial charge in [0, 0.05) is 14.0 Å². The minimum Gasteiger partial charge on any atom is -0.412 e. The molecule has 0 spiro atoms. The molecule has 9 heavy (non-hydrogen) atoms. The van der Waals surface area contributed by atoms with Gasteiger partial charge < -0.3 is 10.6 Å². The lowest BCUT2D eigenvalue weighted by Crippen LogP contribution is -1.25. The van der Waals surface area contributed by atoms with E-state index in [1.807, 2.05) is 0 Å². The Morgan fingerprint density at radius 3 is 1.44 bits per heavy atom. The van der Waals surface area contributed by atoms with Crippen LogP contribution in [0.3, 0.4) is 0 Å². The minimum atomic E-state index is 0. The number of aliphatic hydroxyl groups is 1. The molecule has 58 valence electrons. The van der Waals surface area contributed by atoms with Crippen LogP contribution in [0.4, 0.5) is 0 Å². The summed E-state index contributed by atoms with van der Waals surface area (Å²) in [6.45, 7) is 1.43. The number of nitrogens with zero attached hydrogens (tertiary/aromatic N) is 1. The van der Waals surface area contributed by atoms with Crippen LogP contribution >= 0.6 is 23.2 Å². The topological polar surface area (TPSA) is 75.5 Å². The number of hydrogen-bond acceptors (Lipinski definition) is 2. The van der Waals surface area contributed by atoms with Gasteiger partial charge in [-0.3, -0.25) is 0 Å². The maximum atomic E-state index is 7.32.